The van der Waals surface area contributed by atoms with E-state index in [-0.39, 0.29) is 5.91 Å². The summed E-state index contributed by atoms with van der Waals surface area (Å²) < 4.78 is 0. The number of aromatic nitrogens is 1. The Bertz CT molecular complexity index is 407. The van der Waals surface area contributed by atoms with Crippen LogP contribution in [0.2, 0.25) is 5.02 Å². The standard InChI is InChI=1S/C11H11ClN2O/c1-9(15)14-6-3-2-4-10-8-13-7-5-11(10)12/h5,7-8H,3,6H2,1H3,(H,14,15). The molecule has 0 aliphatic heterocycles. The summed E-state index contributed by atoms with van der Waals surface area (Å²) in [5, 5.41) is 3.25. The van der Waals surface area contributed by atoms with E-state index in [0.717, 1.165) is 0 Å². The number of rotatable bonds is 2. The molecule has 78 valence electrons. The van der Waals surface area contributed by atoms with Crippen LogP contribution in [0.15, 0.2) is 18.5 Å². The lowest BCUT2D eigenvalue weighted by Gasteiger charge is -1.95. The predicted octanol–water partition coefficient (Wildman–Crippen LogP) is 1.61. The number of hydrogen-bond donors (Lipinski definition) is 1. The lowest BCUT2D eigenvalue weighted by molar-refractivity contribution is -0.118. The molecule has 1 amide bonds. The molecule has 0 radical (unpaired) electrons. The van der Waals surface area contributed by atoms with E-state index in [9.17, 15) is 4.79 Å². The van der Waals surface area contributed by atoms with Crippen molar-refractivity contribution in [3.05, 3.63) is 29.0 Å². The van der Waals surface area contributed by atoms with Crippen LogP contribution in [0.1, 0.15) is 18.9 Å². The molecule has 1 N–H and O–H groups in total. The van der Waals surface area contributed by atoms with Crippen molar-refractivity contribution in [2.75, 3.05) is 6.54 Å². The second-order valence-electron chi connectivity index (χ2n) is 2.89. The summed E-state index contributed by atoms with van der Waals surface area (Å²) in [4.78, 5) is 14.5. The number of nitrogens with zero attached hydrogens (tertiary/aromatic N) is 1. The number of carbonyl (C=O) groups is 1. The van der Waals surface area contributed by atoms with E-state index in [1.165, 1.54) is 6.92 Å². The Labute approximate surface area is 93.9 Å². The maximum Gasteiger partial charge on any atom is 0.216 e. The fourth-order valence-corrected chi connectivity index (χ4v) is 1.08. The summed E-state index contributed by atoms with van der Waals surface area (Å²) in [5.41, 5.74) is 0.710. The van der Waals surface area contributed by atoms with Gasteiger partial charge in [-0.3, -0.25) is 9.78 Å². The highest BCUT2D eigenvalue weighted by atomic mass is 35.5. The van der Waals surface area contributed by atoms with Gasteiger partial charge in [0.15, 0.2) is 0 Å². The highest BCUT2D eigenvalue weighted by Gasteiger charge is 1.93. The van der Waals surface area contributed by atoms with Crippen molar-refractivity contribution >= 4 is 17.5 Å². The van der Waals surface area contributed by atoms with E-state index in [4.69, 9.17) is 11.6 Å². The number of amides is 1. The topological polar surface area (TPSA) is 42.0 Å². The van der Waals surface area contributed by atoms with E-state index in [1.54, 1.807) is 18.5 Å². The fourth-order valence-electron chi connectivity index (χ4n) is 0.928. The van der Waals surface area contributed by atoms with Crippen LogP contribution >= 0.6 is 11.6 Å². The second kappa shape index (κ2) is 6.05. The smallest absolute Gasteiger partial charge is 0.216 e. The van der Waals surface area contributed by atoms with E-state index in [1.807, 2.05) is 0 Å². The first-order chi connectivity index (χ1) is 7.20. The van der Waals surface area contributed by atoms with Gasteiger partial charge in [0.05, 0.1) is 10.6 Å². The van der Waals surface area contributed by atoms with E-state index >= 15 is 0 Å². The Balaban J connectivity index is 2.45. The molecule has 1 aromatic rings. The van der Waals surface area contributed by atoms with Crippen molar-refractivity contribution in [2.24, 2.45) is 0 Å². The van der Waals surface area contributed by atoms with Gasteiger partial charge >= 0.3 is 0 Å². The zero-order chi connectivity index (χ0) is 11.1. The average Bonchev–Trinajstić information content (AvgIpc) is 2.20. The molecular formula is C11H11ClN2O. The Morgan fingerprint density at radius 2 is 2.47 bits per heavy atom. The molecule has 0 atom stereocenters. The lowest BCUT2D eigenvalue weighted by Crippen LogP contribution is -2.20. The molecule has 1 aromatic heterocycles. The molecule has 15 heavy (non-hydrogen) atoms. The van der Waals surface area contributed by atoms with Crippen molar-refractivity contribution in [1.29, 1.82) is 0 Å². The number of nitrogens with one attached hydrogen (secondary N) is 1. The van der Waals surface area contributed by atoms with Gasteiger partial charge in [-0.25, -0.2) is 0 Å². The van der Waals surface area contributed by atoms with Crippen molar-refractivity contribution < 1.29 is 4.79 Å². The molecule has 1 heterocycles. The third kappa shape index (κ3) is 4.48. The van der Waals surface area contributed by atoms with E-state index in [0.29, 0.717) is 23.6 Å². The molecule has 0 saturated carbocycles. The molecule has 4 heteroatoms. The lowest BCUT2D eigenvalue weighted by atomic mass is 10.3. The first-order valence-corrected chi connectivity index (χ1v) is 4.91. The molecule has 0 aliphatic carbocycles. The van der Waals surface area contributed by atoms with Crippen molar-refractivity contribution in [3.8, 4) is 11.8 Å². The van der Waals surface area contributed by atoms with E-state index in [2.05, 4.69) is 22.1 Å². The molecule has 3 nitrogen and oxygen atoms in total. The quantitative estimate of drug-likeness (QED) is 0.610. The summed E-state index contributed by atoms with van der Waals surface area (Å²) in [7, 11) is 0. The largest absolute Gasteiger partial charge is 0.355 e. The monoisotopic (exact) mass is 222 g/mol. The first kappa shape index (κ1) is 11.5. The number of hydrogen-bond acceptors (Lipinski definition) is 2. The van der Waals surface area contributed by atoms with Crippen molar-refractivity contribution in [2.45, 2.75) is 13.3 Å². The van der Waals surface area contributed by atoms with Gasteiger partial charge in [-0.1, -0.05) is 23.4 Å². The Hall–Kier alpha value is -1.53. The van der Waals surface area contributed by atoms with E-state index < -0.39 is 0 Å². The van der Waals surface area contributed by atoms with Gasteiger partial charge in [-0.05, 0) is 6.07 Å². The molecule has 0 spiro atoms. The van der Waals surface area contributed by atoms with Gasteiger partial charge in [0.25, 0.3) is 0 Å². The van der Waals surface area contributed by atoms with Gasteiger partial charge in [-0.15, -0.1) is 0 Å². The number of pyridine rings is 1. The van der Waals surface area contributed by atoms with Crippen LogP contribution in [0.4, 0.5) is 0 Å². The van der Waals surface area contributed by atoms with Crippen LogP contribution in [0, 0.1) is 11.8 Å². The summed E-state index contributed by atoms with van der Waals surface area (Å²) in [5.74, 6) is 5.75. The maximum absolute atomic E-state index is 10.5. The van der Waals surface area contributed by atoms with Crippen LogP contribution < -0.4 is 5.32 Å². The van der Waals surface area contributed by atoms with Crippen LogP contribution in [0.3, 0.4) is 0 Å². The highest BCUT2D eigenvalue weighted by Crippen LogP contribution is 2.11. The molecule has 0 aliphatic rings. The Morgan fingerprint density at radius 1 is 1.67 bits per heavy atom. The summed E-state index contributed by atoms with van der Waals surface area (Å²) >= 11 is 5.88. The molecule has 1 rings (SSSR count). The predicted molar refractivity (Wildman–Crippen MR) is 59.4 cm³/mol. The normalized spacial score (nSPS) is 8.93. The van der Waals surface area contributed by atoms with Crippen LogP contribution in [0.25, 0.3) is 0 Å². The summed E-state index contributed by atoms with van der Waals surface area (Å²) in [6, 6.07) is 1.69. The van der Waals surface area contributed by atoms with Crippen molar-refractivity contribution in [1.82, 2.24) is 10.3 Å². The maximum atomic E-state index is 10.5. The van der Waals surface area contributed by atoms with Crippen LogP contribution in [-0.4, -0.2) is 17.4 Å². The van der Waals surface area contributed by atoms with Gasteiger partial charge in [0, 0.05) is 32.3 Å². The molecular weight excluding hydrogens is 212 g/mol. The van der Waals surface area contributed by atoms with Crippen LogP contribution in [-0.2, 0) is 4.79 Å². The molecule has 0 aromatic carbocycles. The number of halogens is 1. The van der Waals surface area contributed by atoms with Gasteiger partial charge < -0.3 is 5.32 Å². The van der Waals surface area contributed by atoms with Gasteiger partial charge in [0.1, 0.15) is 0 Å². The number of carbonyl (C=O) groups excluding carboxylic acids is 1. The fraction of sp³-hybridized carbons (Fsp3) is 0.273. The Kier molecular flexibility index (Phi) is 4.65. The molecule has 0 fully saturated rings. The minimum absolute atomic E-state index is 0.0452. The van der Waals surface area contributed by atoms with Gasteiger partial charge in [0.2, 0.25) is 5.91 Å². The average molecular weight is 223 g/mol. The third-order valence-electron chi connectivity index (χ3n) is 1.61. The second-order valence-corrected chi connectivity index (χ2v) is 3.30. The Morgan fingerprint density at radius 3 is 3.13 bits per heavy atom. The SMILES string of the molecule is CC(=O)NCCC#Cc1cnccc1Cl. The minimum Gasteiger partial charge on any atom is -0.355 e. The minimum atomic E-state index is -0.0452. The zero-order valence-corrected chi connectivity index (χ0v) is 9.14. The summed E-state index contributed by atoms with van der Waals surface area (Å²) in [6.07, 6.45) is 3.84. The summed E-state index contributed by atoms with van der Waals surface area (Å²) in [6.45, 7) is 2.03. The molecule has 0 unspecified atom stereocenters. The van der Waals surface area contributed by atoms with Crippen molar-refractivity contribution in [3.63, 3.8) is 0 Å². The highest BCUT2D eigenvalue weighted by molar-refractivity contribution is 6.31. The van der Waals surface area contributed by atoms with Gasteiger partial charge in [-0.2, -0.15) is 0 Å². The third-order valence-corrected chi connectivity index (χ3v) is 1.94. The van der Waals surface area contributed by atoms with Crippen LogP contribution in [0.5, 0.6) is 0 Å². The zero-order valence-electron chi connectivity index (χ0n) is 8.38. The molecule has 0 saturated heterocycles. The first-order valence-electron chi connectivity index (χ1n) is 4.53. The molecule has 0 bridgehead atoms.